The van der Waals surface area contributed by atoms with Gasteiger partial charge in [-0.15, -0.1) is 0 Å². The highest BCUT2D eigenvalue weighted by atomic mass is 16.1. The fraction of sp³-hybridized carbons (Fsp3) is 0.455. The predicted octanol–water partition coefficient (Wildman–Crippen LogP) is 2.73. The molecule has 2 aliphatic carbocycles. The van der Waals surface area contributed by atoms with Crippen molar-refractivity contribution in [3.05, 3.63) is 68.5 Å². The number of aryl methyl sites for hydroxylation is 2. The average molecular weight is 391 g/mol. The van der Waals surface area contributed by atoms with Crippen LogP contribution in [0.25, 0.3) is 5.65 Å². The van der Waals surface area contributed by atoms with Crippen LogP contribution in [0, 0.1) is 0 Å². The maximum absolute atomic E-state index is 12.6. The minimum absolute atomic E-state index is 0.0336. The molecule has 0 amide bonds. The van der Waals surface area contributed by atoms with Gasteiger partial charge in [-0.05, 0) is 69.1 Å². The second-order valence-corrected chi connectivity index (χ2v) is 8.16. The summed E-state index contributed by atoms with van der Waals surface area (Å²) in [4.78, 5) is 29.4. The van der Waals surface area contributed by atoms with Crippen molar-refractivity contribution in [1.29, 1.82) is 0 Å². The van der Waals surface area contributed by atoms with E-state index in [4.69, 9.17) is 5.10 Å². The average Bonchev–Trinajstić information content (AvgIpc) is 2.74. The first-order chi connectivity index (χ1) is 14.2. The zero-order valence-electron chi connectivity index (χ0n) is 16.4. The first-order valence-corrected chi connectivity index (χ1v) is 10.5. The summed E-state index contributed by atoms with van der Waals surface area (Å²) in [5.74, 6) is 0.619. The molecule has 0 unspecified atom stereocenters. The van der Waals surface area contributed by atoms with E-state index < -0.39 is 0 Å². The molecule has 7 nitrogen and oxygen atoms in total. The molecule has 3 aromatic heterocycles. The number of aromatic nitrogens is 4. The topological polar surface area (TPSA) is 81.3 Å². The summed E-state index contributed by atoms with van der Waals surface area (Å²) in [5.41, 5.74) is 2.84. The maximum Gasteiger partial charge on any atom is 0.267 e. The third-order valence-corrected chi connectivity index (χ3v) is 6.20. The van der Waals surface area contributed by atoms with E-state index in [1.807, 2.05) is 18.2 Å². The van der Waals surface area contributed by atoms with Gasteiger partial charge in [0, 0.05) is 24.4 Å². The largest absolute Gasteiger partial charge is 0.367 e. The molecule has 2 aliphatic rings. The molecular formula is C22H25N5O2. The van der Waals surface area contributed by atoms with E-state index in [0.717, 1.165) is 62.6 Å². The third kappa shape index (κ3) is 3.57. The van der Waals surface area contributed by atoms with Crippen LogP contribution in [0.1, 0.15) is 55.8 Å². The van der Waals surface area contributed by atoms with Gasteiger partial charge in [0.05, 0.1) is 11.7 Å². The van der Waals surface area contributed by atoms with E-state index in [1.54, 1.807) is 23.0 Å². The van der Waals surface area contributed by atoms with Crippen LogP contribution in [0.4, 0.5) is 5.82 Å². The molecule has 0 aliphatic heterocycles. The van der Waals surface area contributed by atoms with Crippen LogP contribution in [0.15, 0.2) is 46.1 Å². The third-order valence-electron chi connectivity index (χ3n) is 6.20. The van der Waals surface area contributed by atoms with Crippen molar-refractivity contribution >= 4 is 11.5 Å². The smallest absolute Gasteiger partial charge is 0.267 e. The SMILES string of the molecule is O=c1cc2c(nn1C1CCC(Nc3cc(=O)n4ccccc4n3)CC1)CCCC2. The van der Waals surface area contributed by atoms with E-state index in [2.05, 4.69) is 10.3 Å². The Bertz CT molecular complexity index is 1160. The molecule has 0 aromatic carbocycles. The zero-order valence-corrected chi connectivity index (χ0v) is 16.4. The summed E-state index contributed by atoms with van der Waals surface area (Å²) in [6.45, 7) is 0. The van der Waals surface area contributed by atoms with Gasteiger partial charge in [-0.1, -0.05) is 6.07 Å². The molecule has 29 heavy (non-hydrogen) atoms. The molecule has 1 N–H and O–H groups in total. The highest BCUT2D eigenvalue weighted by molar-refractivity contribution is 5.46. The number of pyridine rings is 1. The van der Waals surface area contributed by atoms with Crippen LogP contribution in [-0.2, 0) is 12.8 Å². The molecule has 0 bridgehead atoms. The van der Waals surface area contributed by atoms with Crippen LogP contribution in [0.5, 0.6) is 0 Å². The lowest BCUT2D eigenvalue weighted by Crippen LogP contribution is -2.34. The molecule has 1 fully saturated rings. The van der Waals surface area contributed by atoms with Crippen LogP contribution >= 0.6 is 0 Å². The van der Waals surface area contributed by atoms with Crippen LogP contribution in [-0.4, -0.2) is 25.2 Å². The van der Waals surface area contributed by atoms with Gasteiger partial charge in [0.15, 0.2) is 0 Å². The second-order valence-electron chi connectivity index (χ2n) is 8.16. The molecular weight excluding hydrogens is 366 g/mol. The van der Waals surface area contributed by atoms with Crippen LogP contribution in [0.3, 0.4) is 0 Å². The Kier molecular flexibility index (Phi) is 4.66. The highest BCUT2D eigenvalue weighted by Gasteiger charge is 2.25. The van der Waals surface area contributed by atoms with Crippen molar-refractivity contribution in [3.8, 4) is 0 Å². The first kappa shape index (κ1) is 18.1. The molecule has 1 saturated carbocycles. The van der Waals surface area contributed by atoms with Crippen molar-refractivity contribution in [2.45, 2.75) is 63.5 Å². The Morgan fingerprint density at radius 2 is 1.79 bits per heavy atom. The minimum atomic E-state index is -0.0865. The van der Waals surface area contributed by atoms with Crippen molar-refractivity contribution < 1.29 is 0 Å². The summed E-state index contributed by atoms with van der Waals surface area (Å²) in [6, 6.07) is 9.28. The van der Waals surface area contributed by atoms with Crippen molar-refractivity contribution in [3.63, 3.8) is 0 Å². The first-order valence-electron chi connectivity index (χ1n) is 10.5. The fourth-order valence-electron chi connectivity index (χ4n) is 4.64. The van der Waals surface area contributed by atoms with Gasteiger partial charge in [0.25, 0.3) is 11.1 Å². The highest BCUT2D eigenvalue weighted by Crippen LogP contribution is 2.29. The van der Waals surface area contributed by atoms with Gasteiger partial charge in [-0.3, -0.25) is 14.0 Å². The molecule has 7 heteroatoms. The standard InChI is InChI=1S/C22H25N5O2/c28-21-14-19(24-20-7-3-4-12-26(20)21)23-16-8-10-17(11-9-16)27-22(29)13-15-5-1-2-6-18(15)25-27/h3-4,7,12-14,16-17,23H,1-2,5-6,8-11H2. The van der Waals surface area contributed by atoms with E-state index in [1.165, 1.54) is 4.40 Å². The zero-order chi connectivity index (χ0) is 19.8. The Morgan fingerprint density at radius 1 is 0.966 bits per heavy atom. The van der Waals surface area contributed by atoms with E-state index >= 15 is 0 Å². The Morgan fingerprint density at radius 3 is 2.66 bits per heavy atom. The fourth-order valence-corrected chi connectivity index (χ4v) is 4.64. The minimum Gasteiger partial charge on any atom is -0.367 e. The number of hydrogen-bond acceptors (Lipinski definition) is 5. The van der Waals surface area contributed by atoms with Gasteiger partial charge < -0.3 is 5.32 Å². The summed E-state index contributed by atoms with van der Waals surface area (Å²) in [5, 5.41) is 8.14. The molecule has 3 heterocycles. The number of nitrogens with zero attached hydrogens (tertiary/aromatic N) is 4. The number of anilines is 1. The van der Waals surface area contributed by atoms with Crippen molar-refractivity contribution in [2.75, 3.05) is 5.32 Å². The predicted molar refractivity (Wildman–Crippen MR) is 112 cm³/mol. The molecule has 0 atom stereocenters. The van der Waals surface area contributed by atoms with Crippen molar-refractivity contribution in [1.82, 2.24) is 19.2 Å². The number of fused-ring (bicyclic) bond motifs is 2. The van der Waals surface area contributed by atoms with Gasteiger partial charge in [-0.25, -0.2) is 9.67 Å². The number of nitrogens with one attached hydrogen (secondary N) is 1. The van der Waals surface area contributed by atoms with E-state index in [9.17, 15) is 9.59 Å². The quantitative estimate of drug-likeness (QED) is 0.742. The summed E-state index contributed by atoms with van der Waals surface area (Å²) in [6.07, 6.45) is 9.64. The van der Waals surface area contributed by atoms with Crippen LogP contribution in [0.2, 0.25) is 0 Å². The molecule has 0 saturated heterocycles. The molecule has 3 aromatic rings. The van der Waals surface area contributed by atoms with Crippen LogP contribution < -0.4 is 16.4 Å². The monoisotopic (exact) mass is 391 g/mol. The number of rotatable bonds is 3. The van der Waals surface area contributed by atoms with Crippen molar-refractivity contribution in [2.24, 2.45) is 0 Å². The second kappa shape index (κ2) is 7.46. The molecule has 150 valence electrons. The van der Waals surface area contributed by atoms with Gasteiger partial charge in [0.1, 0.15) is 11.5 Å². The van der Waals surface area contributed by atoms with Gasteiger partial charge >= 0.3 is 0 Å². The normalized spacial score (nSPS) is 21.7. The molecule has 5 rings (SSSR count). The van der Waals surface area contributed by atoms with Gasteiger partial charge in [-0.2, -0.15) is 5.10 Å². The van der Waals surface area contributed by atoms with Gasteiger partial charge in [0.2, 0.25) is 0 Å². The molecule has 0 radical (unpaired) electrons. The van der Waals surface area contributed by atoms with E-state index in [0.29, 0.717) is 11.5 Å². The molecule has 0 spiro atoms. The Balaban J connectivity index is 1.29. The number of hydrogen-bond donors (Lipinski definition) is 1. The Hall–Kier alpha value is -2.96. The van der Waals surface area contributed by atoms with E-state index in [-0.39, 0.29) is 23.2 Å². The lowest BCUT2D eigenvalue weighted by atomic mass is 9.91. The Labute approximate surface area is 168 Å². The summed E-state index contributed by atoms with van der Waals surface area (Å²) < 4.78 is 3.26. The lowest BCUT2D eigenvalue weighted by Gasteiger charge is -2.30. The summed E-state index contributed by atoms with van der Waals surface area (Å²) in [7, 11) is 0. The maximum atomic E-state index is 12.6. The summed E-state index contributed by atoms with van der Waals surface area (Å²) >= 11 is 0. The lowest BCUT2D eigenvalue weighted by molar-refractivity contribution is 0.300.